The molecule has 2 heterocycles. The summed E-state index contributed by atoms with van der Waals surface area (Å²) in [7, 11) is 0. The largest absolute Gasteiger partial charge is 0.416 e. The first-order valence-electron chi connectivity index (χ1n) is 6.28. The Hall–Kier alpha value is -2.34. The summed E-state index contributed by atoms with van der Waals surface area (Å²) in [6, 6.07) is 8.89. The molecule has 0 atom stereocenters. The molecule has 2 aromatic heterocycles. The summed E-state index contributed by atoms with van der Waals surface area (Å²) in [5.74, 6) is 0.432. The number of nitrogens with zero attached hydrogens (tertiary/aromatic N) is 2. The van der Waals surface area contributed by atoms with Crippen LogP contribution in [-0.2, 0) is 6.18 Å². The number of hydrogen-bond acceptors (Lipinski definition) is 3. The highest BCUT2D eigenvalue weighted by Gasteiger charge is 2.30. The van der Waals surface area contributed by atoms with Crippen LogP contribution in [0.3, 0.4) is 0 Å². The monoisotopic (exact) mass is 323 g/mol. The van der Waals surface area contributed by atoms with Crippen molar-refractivity contribution < 1.29 is 13.2 Å². The lowest BCUT2D eigenvalue weighted by atomic mass is 10.2. The number of alkyl halides is 3. The number of aromatic nitrogens is 2. The van der Waals surface area contributed by atoms with Gasteiger partial charge in [0.15, 0.2) is 0 Å². The predicted octanol–water partition coefficient (Wildman–Crippen LogP) is 5.05. The van der Waals surface area contributed by atoms with Gasteiger partial charge in [-0.25, -0.2) is 9.97 Å². The fourth-order valence-electron chi connectivity index (χ4n) is 2.01. The summed E-state index contributed by atoms with van der Waals surface area (Å²) < 4.78 is 38.0. The molecule has 1 aromatic carbocycles. The highest BCUT2D eigenvalue weighted by molar-refractivity contribution is 6.35. The van der Waals surface area contributed by atoms with E-state index in [1.54, 1.807) is 24.4 Å². The molecule has 3 nitrogen and oxygen atoms in total. The summed E-state index contributed by atoms with van der Waals surface area (Å²) in [5.41, 5.74) is -0.774. The molecule has 112 valence electrons. The molecule has 0 bridgehead atoms. The minimum absolute atomic E-state index is 0.0636. The molecule has 0 radical (unpaired) electrons. The lowest BCUT2D eigenvalue weighted by Gasteiger charge is -2.10. The number of halogens is 4. The molecule has 0 saturated carbocycles. The quantitative estimate of drug-likeness (QED) is 0.717. The second-order valence-electron chi connectivity index (χ2n) is 4.58. The van der Waals surface area contributed by atoms with E-state index in [0.717, 1.165) is 29.1 Å². The second-order valence-corrected chi connectivity index (χ2v) is 4.99. The molecular formula is C15H9ClF3N3. The van der Waals surface area contributed by atoms with E-state index in [9.17, 15) is 13.2 Å². The van der Waals surface area contributed by atoms with Gasteiger partial charge in [0.25, 0.3) is 0 Å². The van der Waals surface area contributed by atoms with Gasteiger partial charge in [-0.15, -0.1) is 0 Å². The van der Waals surface area contributed by atoms with Gasteiger partial charge in [-0.05, 0) is 24.3 Å². The second kappa shape index (κ2) is 5.46. The first-order valence-corrected chi connectivity index (χ1v) is 6.66. The third kappa shape index (κ3) is 2.96. The van der Waals surface area contributed by atoms with E-state index in [4.69, 9.17) is 11.6 Å². The molecule has 3 rings (SSSR count). The average molecular weight is 324 g/mol. The van der Waals surface area contributed by atoms with Gasteiger partial charge in [0.1, 0.15) is 11.6 Å². The van der Waals surface area contributed by atoms with E-state index >= 15 is 0 Å². The fraction of sp³-hybridized carbons (Fsp3) is 0.0667. The van der Waals surface area contributed by atoms with Crippen LogP contribution >= 0.6 is 11.6 Å². The first-order chi connectivity index (χ1) is 10.4. The molecule has 0 amide bonds. The van der Waals surface area contributed by atoms with E-state index in [1.807, 2.05) is 6.07 Å². The third-order valence-electron chi connectivity index (χ3n) is 3.05. The molecule has 0 saturated heterocycles. The van der Waals surface area contributed by atoms with Gasteiger partial charge < -0.3 is 5.32 Å². The van der Waals surface area contributed by atoms with Gasteiger partial charge >= 0.3 is 6.18 Å². The van der Waals surface area contributed by atoms with E-state index in [-0.39, 0.29) is 5.82 Å². The maximum absolute atomic E-state index is 12.7. The van der Waals surface area contributed by atoms with Gasteiger partial charge in [0.2, 0.25) is 0 Å². The fourth-order valence-corrected chi connectivity index (χ4v) is 2.24. The Morgan fingerprint density at radius 3 is 2.55 bits per heavy atom. The standard InChI is InChI=1S/C15H9ClF3N3/c16-12-3-1-2-9-8-21-14(7-11(9)12)22-13-6-10(4-5-20-13)15(17,18)19/h1-8H,(H,20,21,22). The molecule has 7 heteroatoms. The zero-order chi connectivity index (χ0) is 15.7. The van der Waals surface area contributed by atoms with Crippen LogP contribution in [0.25, 0.3) is 10.8 Å². The molecule has 22 heavy (non-hydrogen) atoms. The van der Waals surface area contributed by atoms with Crippen molar-refractivity contribution in [1.82, 2.24) is 9.97 Å². The summed E-state index contributed by atoms with van der Waals surface area (Å²) >= 11 is 6.10. The lowest BCUT2D eigenvalue weighted by Crippen LogP contribution is -2.06. The third-order valence-corrected chi connectivity index (χ3v) is 3.38. The Labute approximate surface area is 128 Å². The number of benzene rings is 1. The van der Waals surface area contributed by atoms with Crippen LogP contribution in [0.2, 0.25) is 5.02 Å². The Kier molecular flexibility index (Phi) is 3.62. The Balaban J connectivity index is 1.95. The predicted molar refractivity (Wildman–Crippen MR) is 79.3 cm³/mol. The zero-order valence-corrected chi connectivity index (χ0v) is 11.8. The van der Waals surface area contributed by atoms with Crippen molar-refractivity contribution >= 4 is 34.0 Å². The molecular weight excluding hydrogens is 315 g/mol. The molecule has 0 aliphatic rings. The van der Waals surface area contributed by atoms with Crippen LogP contribution in [0.1, 0.15) is 5.56 Å². The SMILES string of the molecule is FC(F)(F)c1ccnc(Nc2cc3c(Cl)cccc3cn2)c1. The number of fused-ring (bicyclic) bond motifs is 1. The van der Waals surface area contributed by atoms with E-state index in [2.05, 4.69) is 15.3 Å². The Morgan fingerprint density at radius 2 is 1.77 bits per heavy atom. The summed E-state index contributed by atoms with van der Waals surface area (Å²) in [6.45, 7) is 0. The van der Waals surface area contributed by atoms with Crippen molar-refractivity contribution in [1.29, 1.82) is 0 Å². The molecule has 0 fully saturated rings. The highest BCUT2D eigenvalue weighted by atomic mass is 35.5. The van der Waals surface area contributed by atoms with Crippen LogP contribution in [-0.4, -0.2) is 9.97 Å². The van der Waals surface area contributed by atoms with Gasteiger partial charge in [-0.3, -0.25) is 0 Å². The van der Waals surface area contributed by atoms with Crippen LogP contribution in [0, 0.1) is 0 Å². The van der Waals surface area contributed by atoms with Gasteiger partial charge in [0, 0.05) is 28.2 Å². The average Bonchev–Trinajstić information content (AvgIpc) is 2.48. The number of anilines is 2. The van der Waals surface area contributed by atoms with Gasteiger partial charge in [-0.1, -0.05) is 23.7 Å². The van der Waals surface area contributed by atoms with Crippen LogP contribution in [0.15, 0.2) is 48.8 Å². The van der Waals surface area contributed by atoms with Crippen molar-refractivity contribution in [3.8, 4) is 0 Å². The van der Waals surface area contributed by atoms with Crippen LogP contribution in [0.4, 0.5) is 24.8 Å². The number of hydrogen-bond donors (Lipinski definition) is 1. The molecule has 0 spiro atoms. The minimum atomic E-state index is -4.42. The molecule has 0 aliphatic heterocycles. The zero-order valence-electron chi connectivity index (χ0n) is 11.0. The first kappa shape index (κ1) is 14.6. The highest BCUT2D eigenvalue weighted by Crippen LogP contribution is 2.31. The summed E-state index contributed by atoms with van der Waals surface area (Å²) in [5, 5.41) is 4.90. The molecule has 0 unspecified atom stereocenters. The van der Waals surface area contributed by atoms with Crippen LogP contribution < -0.4 is 5.32 Å². The molecule has 3 aromatic rings. The van der Waals surface area contributed by atoms with E-state index in [0.29, 0.717) is 10.8 Å². The van der Waals surface area contributed by atoms with Crippen molar-refractivity contribution in [2.75, 3.05) is 5.32 Å². The number of rotatable bonds is 2. The lowest BCUT2D eigenvalue weighted by molar-refractivity contribution is -0.137. The smallest absolute Gasteiger partial charge is 0.325 e. The topological polar surface area (TPSA) is 37.8 Å². The van der Waals surface area contributed by atoms with Crippen molar-refractivity contribution in [3.05, 3.63) is 59.4 Å². The van der Waals surface area contributed by atoms with Gasteiger partial charge in [-0.2, -0.15) is 13.2 Å². The Bertz CT molecular complexity index is 834. The molecule has 0 aliphatic carbocycles. The van der Waals surface area contributed by atoms with Crippen molar-refractivity contribution in [2.24, 2.45) is 0 Å². The van der Waals surface area contributed by atoms with Crippen molar-refractivity contribution in [2.45, 2.75) is 6.18 Å². The normalized spacial score (nSPS) is 11.6. The Morgan fingerprint density at radius 1 is 1.00 bits per heavy atom. The van der Waals surface area contributed by atoms with Crippen LogP contribution in [0.5, 0.6) is 0 Å². The maximum atomic E-state index is 12.7. The number of nitrogens with one attached hydrogen (secondary N) is 1. The van der Waals surface area contributed by atoms with Gasteiger partial charge in [0.05, 0.1) is 5.56 Å². The van der Waals surface area contributed by atoms with E-state index in [1.165, 1.54) is 0 Å². The minimum Gasteiger partial charge on any atom is -0.325 e. The number of pyridine rings is 2. The molecule has 1 N–H and O–H groups in total. The van der Waals surface area contributed by atoms with E-state index < -0.39 is 11.7 Å². The maximum Gasteiger partial charge on any atom is 0.416 e. The van der Waals surface area contributed by atoms with Crippen molar-refractivity contribution in [3.63, 3.8) is 0 Å². The summed E-state index contributed by atoms with van der Waals surface area (Å²) in [4.78, 5) is 8.01. The summed E-state index contributed by atoms with van der Waals surface area (Å²) in [6.07, 6.45) is -1.73.